The van der Waals surface area contributed by atoms with Crippen molar-refractivity contribution in [2.24, 2.45) is 5.92 Å². The molecule has 0 fully saturated rings. The number of carbonyl (C=O) groups excluding carboxylic acids is 2. The topological polar surface area (TPSA) is 58.2 Å². The maximum absolute atomic E-state index is 11.5. The van der Waals surface area contributed by atoms with Crippen LogP contribution in [0.25, 0.3) is 0 Å². The van der Waals surface area contributed by atoms with Crippen LogP contribution in [0.3, 0.4) is 0 Å². The summed E-state index contributed by atoms with van der Waals surface area (Å²) in [4.78, 5) is 22.9. The molecule has 0 spiro atoms. The number of urea groups is 1. The van der Waals surface area contributed by atoms with Gasteiger partial charge in [-0.1, -0.05) is 44.2 Å². The summed E-state index contributed by atoms with van der Waals surface area (Å²) in [7, 11) is 0. The van der Waals surface area contributed by atoms with Gasteiger partial charge in [-0.3, -0.25) is 10.1 Å². The molecule has 18 heavy (non-hydrogen) atoms. The van der Waals surface area contributed by atoms with Crippen LogP contribution in [-0.4, -0.2) is 18.5 Å². The molecule has 2 N–H and O–H groups in total. The Balaban J connectivity index is 2.25. The van der Waals surface area contributed by atoms with Crippen molar-refractivity contribution in [2.45, 2.75) is 26.7 Å². The molecule has 0 unspecified atom stereocenters. The van der Waals surface area contributed by atoms with E-state index in [1.165, 1.54) is 0 Å². The number of amides is 3. The lowest BCUT2D eigenvalue weighted by atomic mass is 10.1. The average molecular weight is 248 g/mol. The molecule has 0 bridgehead atoms. The Labute approximate surface area is 108 Å². The molecule has 1 aromatic carbocycles. The van der Waals surface area contributed by atoms with Gasteiger partial charge < -0.3 is 5.32 Å². The van der Waals surface area contributed by atoms with Gasteiger partial charge >= 0.3 is 6.03 Å². The Morgan fingerprint density at radius 3 is 2.44 bits per heavy atom. The van der Waals surface area contributed by atoms with Crippen molar-refractivity contribution in [3.63, 3.8) is 0 Å². The van der Waals surface area contributed by atoms with Crippen molar-refractivity contribution in [3.05, 3.63) is 35.9 Å². The fourth-order valence-electron chi connectivity index (χ4n) is 1.47. The van der Waals surface area contributed by atoms with Crippen molar-refractivity contribution in [1.29, 1.82) is 0 Å². The van der Waals surface area contributed by atoms with Gasteiger partial charge in [-0.15, -0.1) is 0 Å². The van der Waals surface area contributed by atoms with Crippen LogP contribution in [0.2, 0.25) is 0 Å². The summed E-state index contributed by atoms with van der Waals surface area (Å²) in [5.74, 6) is 0.244. The fraction of sp³-hybridized carbons (Fsp3) is 0.429. The molecule has 4 nitrogen and oxygen atoms in total. The third-order valence-electron chi connectivity index (χ3n) is 2.47. The Kier molecular flexibility index (Phi) is 5.91. The van der Waals surface area contributed by atoms with Gasteiger partial charge in [-0.2, -0.15) is 0 Å². The van der Waals surface area contributed by atoms with Gasteiger partial charge in [-0.05, 0) is 17.9 Å². The highest BCUT2D eigenvalue weighted by Gasteiger charge is 2.07. The maximum Gasteiger partial charge on any atom is 0.321 e. The molecule has 3 amide bonds. The molecule has 0 aromatic heterocycles. The van der Waals surface area contributed by atoms with Crippen LogP contribution in [0.5, 0.6) is 0 Å². The molecule has 4 heteroatoms. The zero-order valence-corrected chi connectivity index (χ0v) is 10.9. The monoisotopic (exact) mass is 248 g/mol. The minimum absolute atomic E-state index is 0.221. The predicted molar refractivity (Wildman–Crippen MR) is 71.1 cm³/mol. The second-order valence-corrected chi connectivity index (χ2v) is 4.65. The van der Waals surface area contributed by atoms with Gasteiger partial charge in [0.05, 0.1) is 6.42 Å². The summed E-state index contributed by atoms with van der Waals surface area (Å²) in [6.07, 6.45) is 1.12. The molecule has 0 aliphatic carbocycles. The van der Waals surface area contributed by atoms with Gasteiger partial charge in [-0.25, -0.2) is 4.79 Å². The van der Waals surface area contributed by atoms with E-state index < -0.39 is 6.03 Å². The third kappa shape index (κ3) is 6.03. The zero-order chi connectivity index (χ0) is 13.4. The highest BCUT2D eigenvalue weighted by Crippen LogP contribution is 1.99. The number of imide groups is 1. The minimum Gasteiger partial charge on any atom is -0.338 e. The van der Waals surface area contributed by atoms with Crippen molar-refractivity contribution >= 4 is 11.9 Å². The molecule has 0 heterocycles. The third-order valence-corrected chi connectivity index (χ3v) is 2.47. The first-order valence-corrected chi connectivity index (χ1v) is 6.19. The molecule has 0 saturated heterocycles. The van der Waals surface area contributed by atoms with Crippen LogP contribution in [0.4, 0.5) is 4.79 Å². The standard InChI is InChI=1S/C14H20N2O2/c1-11(2)8-9-15-14(18)16-13(17)10-12-6-4-3-5-7-12/h3-7,11H,8-10H2,1-2H3,(H2,15,16,17,18). The van der Waals surface area contributed by atoms with Crippen LogP contribution in [0.1, 0.15) is 25.8 Å². The summed E-state index contributed by atoms with van der Waals surface area (Å²) in [6.45, 7) is 4.75. The van der Waals surface area contributed by atoms with Gasteiger partial charge in [0.2, 0.25) is 5.91 Å². The van der Waals surface area contributed by atoms with Crippen LogP contribution in [0.15, 0.2) is 30.3 Å². The van der Waals surface area contributed by atoms with E-state index in [1.54, 1.807) is 0 Å². The fourth-order valence-corrected chi connectivity index (χ4v) is 1.47. The number of benzene rings is 1. The number of carbonyl (C=O) groups is 2. The van der Waals surface area contributed by atoms with Gasteiger partial charge in [0.15, 0.2) is 0 Å². The lowest BCUT2D eigenvalue weighted by Crippen LogP contribution is -2.40. The van der Waals surface area contributed by atoms with Crippen molar-refractivity contribution in [1.82, 2.24) is 10.6 Å². The van der Waals surface area contributed by atoms with Crippen LogP contribution < -0.4 is 10.6 Å². The summed E-state index contributed by atoms with van der Waals surface area (Å²) >= 11 is 0. The molecular weight excluding hydrogens is 228 g/mol. The normalized spacial score (nSPS) is 10.2. The molecule has 0 aliphatic heterocycles. The van der Waals surface area contributed by atoms with Crippen LogP contribution in [0, 0.1) is 5.92 Å². The van der Waals surface area contributed by atoms with E-state index in [1.807, 2.05) is 30.3 Å². The molecule has 98 valence electrons. The highest BCUT2D eigenvalue weighted by molar-refractivity contribution is 5.95. The van der Waals surface area contributed by atoms with E-state index in [2.05, 4.69) is 24.5 Å². The number of hydrogen-bond donors (Lipinski definition) is 2. The van der Waals surface area contributed by atoms with Crippen LogP contribution in [-0.2, 0) is 11.2 Å². The SMILES string of the molecule is CC(C)CCNC(=O)NC(=O)Cc1ccccc1. The zero-order valence-electron chi connectivity index (χ0n) is 10.9. The lowest BCUT2D eigenvalue weighted by molar-refractivity contribution is -0.119. The van der Waals surface area contributed by atoms with E-state index in [0.717, 1.165) is 12.0 Å². The highest BCUT2D eigenvalue weighted by atomic mass is 16.2. The molecule has 1 rings (SSSR count). The number of hydrogen-bond acceptors (Lipinski definition) is 2. The first kappa shape index (κ1) is 14.2. The van der Waals surface area contributed by atoms with Gasteiger partial charge in [0.25, 0.3) is 0 Å². The van der Waals surface area contributed by atoms with Gasteiger partial charge in [0.1, 0.15) is 0 Å². The van der Waals surface area contributed by atoms with Crippen molar-refractivity contribution < 1.29 is 9.59 Å². The Bertz CT molecular complexity index is 388. The molecule has 1 aromatic rings. The molecule has 0 aliphatic rings. The average Bonchev–Trinajstić information content (AvgIpc) is 2.29. The summed E-state index contributed by atoms with van der Waals surface area (Å²) < 4.78 is 0. The summed E-state index contributed by atoms with van der Waals surface area (Å²) in [6, 6.07) is 8.92. The first-order valence-electron chi connectivity index (χ1n) is 6.19. The van der Waals surface area contributed by atoms with E-state index >= 15 is 0 Å². The molecule has 0 radical (unpaired) electrons. The quantitative estimate of drug-likeness (QED) is 0.838. The number of rotatable bonds is 5. The lowest BCUT2D eigenvalue weighted by Gasteiger charge is -2.08. The van der Waals surface area contributed by atoms with E-state index in [9.17, 15) is 9.59 Å². The Morgan fingerprint density at radius 2 is 1.83 bits per heavy atom. The molecule has 0 saturated carbocycles. The number of nitrogens with one attached hydrogen (secondary N) is 2. The second-order valence-electron chi connectivity index (χ2n) is 4.65. The summed E-state index contributed by atoms with van der Waals surface area (Å²) in [5.41, 5.74) is 0.894. The Hall–Kier alpha value is -1.84. The van der Waals surface area contributed by atoms with E-state index in [0.29, 0.717) is 12.5 Å². The van der Waals surface area contributed by atoms with E-state index in [-0.39, 0.29) is 12.3 Å². The smallest absolute Gasteiger partial charge is 0.321 e. The van der Waals surface area contributed by atoms with Crippen molar-refractivity contribution in [3.8, 4) is 0 Å². The van der Waals surface area contributed by atoms with Crippen LogP contribution >= 0.6 is 0 Å². The van der Waals surface area contributed by atoms with E-state index in [4.69, 9.17) is 0 Å². The maximum atomic E-state index is 11.5. The molecule has 0 atom stereocenters. The van der Waals surface area contributed by atoms with Gasteiger partial charge in [0, 0.05) is 6.54 Å². The second kappa shape index (κ2) is 7.48. The Morgan fingerprint density at radius 1 is 1.17 bits per heavy atom. The first-order chi connectivity index (χ1) is 8.58. The predicted octanol–water partition coefficient (Wildman–Crippen LogP) is 2.10. The molecular formula is C14H20N2O2. The summed E-state index contributed by atoms with van der Waals surface area (Å²) in [5, 5.41) is 4.97. The largest absolute Gasteiger partial charge is 0.338 e. The minimum atomic E-state index is -0.420. The van der Waals surface area contributed by atoms with Crippen molar-refractivity contribution in [2.75, 3.05) is 6.54 Å².